The lowest BCUT2D eigenvalue weighted by molar-refractivity contribution is 0.0946. The molecule has 0 bridgehead atoms. The number of nitrogens with zero attached hydrogens (tertiary/aromatic N) is 1. The Morgan fingerprint density at radius 3 is 2.89 bits per heavy atom. The fourth-order valence-corrected chi connectivity index (χ4v) is 2.60. The summed E-state index contributed by atoms with van der Waals surface area (Å²) in [6.45, 7) is 7.79. The van der Waals surface area contributed by atoms with Crippen LogP contribution in [0.3, 0.4) is 0 Å². The standard InChI is InChI=1S/C14H20BrN3O/c1-11-2-3-13(15)12(10-11)14(19)17-6-9-18-7-4-16-5-8-18/h2-3,10,16H,4-9H2,1H3,(H,17,19). The average molecular weight is 326 g/mol. The van der Waals surface area contributed by atoms with E-state index in [-0.39, 0.29) is 5.91 Å². The zero-order valence-corrected chi connectivity index (χ0v) is 12.8. The molecule has 0 radical (unpaired) electrons. The zero-order chi connectivity index (χ0) is 13.7. The third-order valence-corrected chi connectivity index (χ3v) is 3.98. The monoisotopic (exact) mass is 325 g/mol. The highest BCUT2D eigenvalue weighted by atomic mass is 79.9. The molecule has 1 aromatic rings. The van der Waals surface area contributed by atoms with E-state index in [1.807, 2.05) is 25.1 Å². The Bertz CT molecular complexity index is 444. The minimum atomic E-state index is -0.00860. The predicted octanol–water partition coefficient (Wildman–Crippen LogP) is 1.39. The summed E-state index contributed by atoms with van der Waals surface area (Å²) in [4.78, 5) is 14.5. The zero-order valence-electron chi connectivity index (χ0n) is 11.2. The number of piperazine rings is 1. The number of amides is 1. The Kier molecular flexibility index (Phi) is 5.36. The molecule has 1 aliphatic rings. The van der Waals surface area contributed by atoms with Gasteiger partial charge < -0.3 is 10.6 Å². The summed E-state index contributed by atoms with van der Waals surface area (Å²) >= 11 is 3.42. The first kappa shape index (κ1) is 14.5. The fourth-order valence-electron chi connectivity index (χ4n) is 2.17. The first-order valence-corrected chi connectivity index (χ1v) is 7.43. The first-order valence-electron chi connectivity index (χ1n) is 6.64. The second kappa shape index (κ2) is 7.03. The van der Waals surface area contributed by atoms with Crippen molar-refractivity contribution in [1.82, 2.24) is 15.5 Å². The molecule has 2 rings (SSSR count). The van der Waals surface area contributed by atoms with Crippen molar-refractivity contribution in [3.8, 4) is 0 Å². The normalized spacial score (nSPS) is 16.3. The number of rotatable bonds is 4. The van der Waals surface area contributed by atoms with Crippen LogP contribution in [-0.2, 0) is 0 Å². The first-order chi connectivity index (χ1) is 9.16. The van der Waals surface area contributed by atoms with Gasteiger partial charge in [0, 0.05) is 43.7 Å². The van der Waals surface area contributed by atoms with E-state index < -0.39 is 0 Å². The second-order valence-electron chi connectivity index (χ2n) is 4.83. The van der Waals surface area contributed by atoms with Crippen molar-refractivity contribution in [2.24, 2.45) is 0 Å². The van der Waals surface area contributed by atoms with Crippen LogP contribution in [0.15, 0.2) is 22.7 Å². The van der Waals surface area contributed by atoms with E-state index in [4.69, 9.17) is 0 Å². The molecule has 0 aromatic heterocycles. The van der Waals surface area contributed by atoms with E-state index in [0.29, 0.717) is 12.1 Å². The quantitative estimate of drug-likeness (QED) is 0.879. The number of halogens is 1. The number of hydrogen-bond acceptors (Lipinski definition) is 3. The van der Waals surface area contributed by atoms with Crippen molar-refractivity contribution in [3.63, 3.8) is 0 Å². The van der Waals surface area contributed by atoms with Crippen molar-refractivity contribution in [2.75, 3.05) is 39.3 Å². The number of benzene rings is 1. The third kappa shape index (κ3) is 4.30. The third-order valence-electron chi connectivity index (χ3n) is 3.29. The molecular weight excluding hydrogens is 306 g/mol. The second-order valence-corrected chi connectivity index (χ2v) is 5.69. The molecule has 1 saturated heterocycles. The minimum absolute atomic E-state index is 0.00860. The van der Waals surface area contributed by atoms with Gasteiger partial charge in [0.25, 0.3) is 5.91 Å². The Balaban J connectivity index is 1.82. The van der Waals surface area contributed by atoms with Crippen LogP contribution in [0.25, 0.3) is 0 Å². The summed E-state index contributed by atoms with van der Waals surface area (Å²) in [6, 6.07) is 5.81. The van der Waals surface area contributed by atoms with E-state index in [1.54, 1.807) is 0 Å². The fraction of sp³-hybridized carbons (Fsp3) is 0.500. The molecule has 1 heterocycles. The summed E-state index contributed by atoms with van der Waals surface area (Å²) in [5.74, 6) is -0.00860. The molecule has 1 aromatic carbocycles. The van der Waals surface area contributed by atoms with Gasteiger partial charge in [-0.15, -0.1) is 0 Å². The molecule has 1 aliphatic heterocycles. The van der Waals surface area contributed by atoms with Crippen LogP contribution >= 0.6 is 15.9 Å². The van der Waals surface area contributed by atoms with Gasteiger partial charge in [-0.1, -0.05) is 11.6 Å². The highest BCUT2D eigenvalue weighted by Crippen LogP contribution is 2.17. The highest BCUT2D eigenvalue weighted by Gasteiger charge is 2.12. The average Bonchev–Trinajstić information content (AvgIpc) is 2.42. The van der Waals surface area contributed by atoms with Gasteiger partial charge in [-0.3, -0.25) is 9.69 Å². The van der Waals surface area contributed by atoms with Gasteiger partial charge in [0.15, 0.2) is 0 Å². The van der Waals surface area contributed by atoms with E-state index in [9.17, 15) is 4.79 Å². The highest BCUT2D eigenvalue weighted by molar-refractivity contribution is 9.10. The lowest BCUT2D eigenvalue weighted by Gasteiger charge is -2.27. The van der Waals surface area contributed by atoms with Gasteiger partial charge >= 0.3 is 0 Å². The van der Waals surface area contributed by atoms with Crippen LogP contribution in [0.4, 0.5) is 0 Å². The number of hydrogen-bond donors (Lipinski definition) is 2. The molecule has 0 saturated carbocycles. The topological polar surface area (TPSA) is 44.4 Å². The smallest absolute Gasteiger partial charge is 0.252 e. The Labute approximate surface area is 122 Å². The molecule has 19 heavy (non-hydrogen) atoms. The molecule has 5 heteroatoms. The van der Waals surface area contributed by atoms with Crippen LogP contribution in [0.2, 0.25) is 0 Å². The summed E-state index contributed by atoms with van der Waals surface area (Å²) in [5.41, 5.74) is 1.80. The van der Waals surface area contributed by atoms with E-state index in [2.05, 4.69) is 31.5 Å². The van der Waals surface area contributed by atoms with Gasteiger partial charge in [0.05, 0.1) is 5.56 Å². The van der Waals surface area contributed by atoms with Gasteiger partial charge in [0.1, 0.15) is 0 Å². The Morgan fingerprint density at radius 1 is 1.42 bits per heavy atom. The Morgan fingerprint density at radius 2 is 2.16 bits per heavy atom. The van der Waals surface area contributed by atoms with Crippen molar-refractivity contribution in [2.45, 2.75) is 6.92 Å². The lowest BCUT2D eigenvalue weighted by Crippen LogP contribution is -2.46. The molecule has 2 N–H and O–H groups in total. The molecule has 4 nitrogen and oxygen atoms in total. The minimum Gasteiger partial charge on any atom is -0.351 e. The summed E-state index contributed by atoms with van der Waals surface area (Å²) < 4.78 is 0.845. The molecule has 0 spiro atoms. The number of aryl methyl sites for hydroxylation is 1. The van der Waals surface area contributed by atoms with E-state index in [0.717, 1.165) is 42.8 Å². The van der Waals surface area contributed by atoms with Crippen molar-refractivity contribution >= 4 is 21.8 Å². The summed E-state index contributed by atoms with van der Waals surface area (Å²) in [7, 11) is 0. The van der Waals surface area contributed by atoms with E-state index >= 15 is 0 Å². The molecule has 104 valence electrons. The maximum atomic E-state index is 12.1. The van der Waals surface area contributed by atoms with Crippen LogP contribution in [0, 0.1) is 6.92 Å². The molecular formula is C14H20BrN3O. The summed E-state index contributed by atoms with van der Waals surface area (Å²) in [6.07, 6.45) is 0. The van der Waals surface area contributed by atoms with Gasteiger partial charge in [-0.05, 0) is 35.0 Å². The lowest BCUT2D eigenvalue weighted by atomic mass is 10.1. The maximum absolute atomic E-state index is 12.1. The van der Waals surface area contributed by atoms with Gasteiger partial charge in [-0.25, -0.2) is 0 Å². The molecule has 0 unspecified atom stereocenters. The van der Waals surface area contributed by atoms with Gasteiger partial charge in [0.2, 0.25) is 0 Å². The number of carbonyl (C=O) groups is 1. The molecule has 1 fully saturated rings. The molecule has 0 aliphatic carbocycles. The molecule has 0 atom stereocenters. The SMILES string of the molecule is Cc1ccc(Br)c(C(=O)NCCN2CCNCC2)c1. The number of nitrogens with one attached hydrogen (secondary N) is 2. The Hall–Kier alpha value is -0.910. The van der Waals surface area contributed by atoms with Crippen LogP contribution in [0.1, 0.15) is 15.9 Å². The van der Waals surface area contributed by atoms with Gasteiger partial charge in [-0.2, -0.15) is 0 Å². The summed E-state index contributed by atoms with van der Waals surface area (Å²) in [5, 5.41) is 6.30. The van der Waals surface area contributed by atoms with Crippen LogP contribution < -0.4 is 10.6 Å². The van der Waals surface area contributed by atoms with Crippen molar-refractivity contribution in [1.29, 1.82) is 0 Å². The van der Waals surface area contributed by atoms with Crippen molar-refractivity contribution < 1.29 is 4.79 Å². The van der Waals surface area contributed by atoms with E-state index in [1.165, 1.54) is 0 Å². The molecule has 1 amide bonds. The van der Waals surface area contributed by atoms with Crippen molar-refractivity contribution in [3.05, 3.63) is 33.8 Å². The number of carbonyl (C=O) groups excluding carboxylic acids is 1. The predicted molar refractivity (Wildman–Crippen MR) is 80.5 cm³/mol. The maximum Gasteiger partial charge on any atom is 0.252 e. The van der Waals surface area contributed by atoms with Crippen LogP contribution in [0.5, 0.6) is 0 Å². The van der Waals surface area contributed by atoms with Crippen LogP contribution in [-0.4, -0.2) is 50.1 Å². The largest absolute Gasteiger partial charge is 0.351 e.